The summed E-state index contributed by atoms with van der Waals surface area (Å²) in [6.45, 7) is 1.09. The van der Waals surface area contributed by atoms with Crippen LogP contribution in [0.15, 0.2) is 48.0 Å². The van der Waals surface area contributed by atoms with Gasteiger partial charge >= 0.3 is 0 Å². The highest BCUT2D eigenvalue weighted by molar-refractivity contribution is 7.13. The first kappa shape index (κ1) is 16.7. The molecule has 0 radical (unpaired) electrons. The lowest BCUT2D eigenvalue weighted by Gasteiger charge is -2.32. The fraction of sp³-hybridized carbons (Fsp3) is 0.263. The summed E-state index contributed by atoms with van der Waals surface area (Å²) in [4.78, 5) is 27.3. The van der Waals surface area contributed by atoms with Crippen molar-refractivity contribution in [1.82, 2.24) is 15.1 Å². The zero-order valence-electron chi connectivity index (χ0n) is 14.1. The summed E-state index contributed by atoms with van der Waals surface area (Å²) in [6.07, 6.45) is 1.58. The predicted molar refractivity (Wildman–Crippen MR) is 101 cm³/mol. The number of piperidine rings is 1. The predicted octanol–water partition coefficient (Wildman–Crippen LogP) is 3.18. The van der Waals surface area contributed by atoms with Crippen LogP contribution in [-0.4, -0.2) is 40.0 Å². The van der Waals surface area contributed by atoms with E-state index in [0.29, 0.717) is 23.8 Å². The lowest BCUT2D eigenvalue weighted by molar-refractivity contribution is -0.121. The third-order valence-electron chi connectivity index (χ3n) is 4.69. The highest BCUT2D eigenvalue weighted by atomic mass is 32.1. The van der Waals surface area contributed by atoms with Gasteiger partial charge in [-0.3, -0.25) is 9.59 Å². The molecule has 0 saturated carbocycles. The normalized spacial score (nSPS) is 17.2. The quantitative estimate of drug-likeness (QED) is 0.772. The second-order valence-corrected chi connectivity index (χ2v) is 7.18. The van der Waals surface area contributed by atoms with Gasteiger partial charge in [-0.1, -0.05) is 47.7 Å². The highest BCUT2D eigenvalue weighted by Gasteiger charge is 2.29. The van der Waals surface area contributed by atoms with Crippen LogP contribution in [0.2, 0.25) is 0 Å². The Morgan fingerprint density at radius 3 is 2.85 bits per heavy atom. The first-order valence-corrected chi connectivity index (χ1v) is 9.44. The second-order valence-electron chi connectivity index (χ2n) is 6.35. The number of nitrogens with one attached hydrogen (secondary N) is 1. The van der Waals surface area contributed by atoms with Gasteiger partial charge in [0.2, 0.25) is 11.0 Å². The van der Waals surface area contributed by atoms with E-state index in [-0.39, 0.29) is 17.7 Å². The monoisotopic (exact) mass is 366 g/mol. The van der Waals surface area contributed by atoms with E-state index in [1.54, 1.807) is 10.4 Å². The summed E-state index contributed by atoms with van der Waals surface area (Å²) in [7, 11) is 0. The van der Waals surface area contributed by atoms with E-state index in [1.165, 1.54) is 11.3 Å². The van der Waals surface area contributed by atoms with Crippen molar-refractivity contribution >= 4 is 39.1 Å². The van der Waals surface area contributed by atoms with Gasteiger partial charge in [-0.15, -0.1) is 10.2 Å². The molecule has 1 fully saturated rings. The fourth-order valence-corrected chi connectivity index (χ4v) is 3.84. The zero-order chi connectivity index (χ0) is 17.9. The average Bonchev–Trinajstić information content (AvgIpc) is 3.20. The third kappa shape index (κ3) is 3.30. The molecular weight excluding hydrogens is 348 g/mol. The Kier molecular flexibility index (Phi) is 4.62. The molecule has 3 aromatic rings. The Bertz CT molecular complexity index is 936. The number of aromatic nitrogens is 2. The fourth-order valence-electron chi connectivity index (χ4n) is 3.39. The van der Waals surface area contributed by atoms with Crippen molar-refractivity contribution in [1.29, 1.82) is 0 Å². The van der Waals surface area contributed by atoms with Crippen LogP contribution in [0.3, 0.4) is 0 Å². The lowest BCUT2D eigenvalue weighted by Crippen LogP contribution is -2.43. The number of amides is 2. The van der Waals surface area contributed by atoms with E-state index in [2.05, 4.69) is 15.5 Å². The molecule has 1 atom stereocenters. The van der Waals surface area contributed by atoms with Crippen molar-refractivity contribution in [3.05, 3.63) is 53.5 Å². The standard InChI is InChI=1S/C19H18N4O2S/c24-17(21-19-22-20-12-26-19)14-7-4-10-23(11-14)18(25)16-9-3-6-13-5-1-2-8-15(13)16/h1-3,5-6,8-9,12,14H,4,7,10-11H2,(H,21,22,24)/t14-/m0/s1. The molecule has 0 unspecified atom stereocenters. The largest absolute Gasteiger partial charge is 0.338 e. The minimum Gasteiger partial charge on any atom is -0.338 e. The van der Waals surface area contributed by atoms with Crippen molar-refractivity contribution in [2.75, 3.05) is 18.4 Å². The van der Waals surface area contributed by atoms with Crippen LogP contribution in [0, 0.1) is 5.92 Å². The molecular formula is C19H18N4O2S. The molecule has 2 aromatic carbocycles. The van der Waals surface area contributed by atoms with Crippen molar-refractivity contribution in [3.63, 3.8) is 0 Å². The Balaban J connectivity index is 1.52. The summed E-state index contributed by atoms with van der Waals surface area (Å²) in [5, 5.41) is 12.8. The Hall–Kier alpha value is -2.80. The van der Waals surface area contributed by atoms with Crippen LogP contribution in [0.25, 0.3) is 10.8 Å². The minimum atomic E-state index is -0.230. The number of carbonyl (C=O) groups excluding carboxylic acids is 2. The number of benzene rings is 2. The van der Waals surface area contributed by atoms with Crippen molar-refractivity contribution in [2.24, 2.45) is 5.92 Å². The second kappa shape index (κ2) is 7.21. The Labute approximate surface area is 154 Å². The summed E-state index contributed by atoms with van der Waals surface area (Å²) in [6, 6.07) is 13.6. The number of rotatable bonds is 3. The smallest absolute Gasteiger partial charge is 0.254 e. The topological polar surface area (TPSA) is 75.2 Å². The van der Waals surface area contributed by atoms with Crippen molar-refractivity contribution < 1.29 is 9.59 Å². The number of hydrogen-bond acceptors (Lipinski definition) is 5. The number of hydrogen-bond donors (Lipinski definition) is 1. The van der Waals surface area contributed by atoms with Gasteiger partial charge in [0.15, 0.2) is 0 Å². The first-order valence-electron chi connectivity index (χ1n) is 8.56. The van der Waals surface area contributed by atoms with E-state index in [1.807, 2.05) is 42.5 Å². The van der Waals surface area contributed by atoms with Gasteiger partial charge < -0.3 is 10.2 Å². The maximum absolute atomic E-state index is 13.1. The molecule has 7 heteroatoms. The van der Waals surface area contributed by atoms with E-state index < -0.39 is 0 Å². The molecule has 1 aliphatic rings. The number of likely N-dealkylation sites (tertiary alicyclic amines) is 1. The first-order chi connectivity index (χ1) is 12.7. The van der Waals surface area contributed by atoms with Crippen LogP contribution in [0.5, 0.6) is 0 Å². The van der Waals surface area contributed by atoms with Crippen LogP contribution in [-0.2, 0) is 4.79 Å². The van der Waals surface area contributed by atoms with Gasteiger partial charge in [-0.2, -0.15) is 0 Å². The number of carbonyl (C=O) groups is 2. The molecule has 6 nitrogen and oxygen atoms in total. The van der Waals surface area contributed by atoms with Crippen LogP contribution in [0.4, 0.5) is 5.13 Å². The van der Waals surface area contributed by atoms with Gasteiger partial charge in [0.25, 0.3) is 5.91 Å². The highest BCUT2D eigenvalue weighted by Crippen LogP contribution is 2.24. The molecule has 26 heavy (non-hydrogen) atoms. The summed E-state index contributed by atoms with van der Waals surface area (Å²) in [5.74, 6) is -0.348. The van der Waals surface area contributed by atoms with E-state index >= 15 is 0 Å². The number of nitrogens with zero attached hydrogens (tertiary/aromatic N) is 3. The van der Waals surface area contributed by atoms with E-state index in [4.69, 9.17) is 0 Å². The molecule has 0 aliphatic carbocycles. The average molecular weight is 366 g/mol. The molecule has 0 bridgehead atoms. The van der Waals surface area contributed by atoms with E-state index in [0.717, 1.165) is 23.6 Å². The van der Waals surface area contributed by atoms with Crippen molar-refractivity contribution in [2.45, 2.75) is 12.8 Å². The number of fused-ring (bicyclic) bond motifs is 1. The van der Waals surface area contributed by atoms with E-state index in [9.17, 15) is 9.59 Å². The Morgan fingerprint density at radius 1 is 1.15 bits per heavy atom. The van der Waals surface area contributed by atoms with Crippen molar-refractivity contribution in [3.8, 4) is 0 Å². The molecule has 1 N–H and O–H groups in total. The summed E-state index contributed by atoms with van der Waals surface area (Å²) >= 11 is 1.29. The lowest BCUT2D eigenvalue weighted by atomic mass is 9.95. The van der Waals surface area contributed by atoms with Gasteiger partial charge in [0.1, 0.15) is 5.51 Å². The molecule has 1 saturated heterocycles. The molecule has 132 valence electrons. The summed E-state index contributed by atoms with van der Waals surface area (Å²) < 4.78 is 0. The third-order valence-corrected chi connectivity index (χ3v) is 5.30. The molecule has 1 aliphatic heterocycles. The van der Waals surface area contributed by atoms with Crippen LogP contribution in [0.1, 0.15) is 23.2 Å². The van der Waals surface area contributed by atoms with Gasteiger partial charge in [0, 0.05) is 18.7 Å². The molecule has 0 spiro atoms. The zero-order valence-corrected chi connectivity index (χ0v) is 14.9. The van der Waals surface area contributed by atoms with Crippen LogP contribution < -0.4 is 5.32 Å². The number of anilines is 1. The molecule has 4 rings (SSSR count). The molecule has 2 heterocycles. The van der Waals surface area contributed by atoms with Gasteiger partial charge in [-0.05, 0) is 29.7 Å². The summed E-state index contributed by atoms with van der Waals surface area (Å²) in [5.41, 5.74) is 2.26. The SMILES string of the molecule is O=C(Nc1nncs1)[C@H]1CCCN(C(=O)c2cccc3ccccc23)C1. The Morgan fingerprint density at radius 2 is 2.00 bits per heavy atom. The maximum atomic E-state index is 13.1. The minimum absolute atomic E-state index is 0.0183. The van der Waals surface area contributed by atoms with Crippen LogP contribution >= 0.6 is 11.3 Å². The van der Waals surface area contributed by atoms with Gasteiger partial charge in [-0.25, -0.2) is 0 Å². The molecule has 1 aromatic heterocycles. The van der Waals surface area contributed by atoms with Gasteiger partial charge in [0.05, 0.1) is 5.92 Å². The molecule has 2 amide bonds. The maximum Gasteiger partial charge on any atom is 0.254 e.